The third-order valence-corrected chi connectivity index (χ3v) is 3.86. The molecule has 0 aromatic heterocycles. The molecule has 0 aliphatic heterocycles. The Kier molecular flexibility index (Phi) is 4.94. The summed E-state index contributed by atoms with van der Waals surface area (Å²) in [5.41, 5.74) is 0. The van der Waals surface area contributed by atoms with Crippen molar-refractivity contribution in [1.82, 2.24) is 5.32 Å². The molecule has 3 atom stereocenters. The number of hydrogen-bond acceptors (Lipinski definition) is 1. The van der Waals surface area contributed by atoms with Crippen LogP contribution in [-0.2, 0) is 0 Å². The summed E-state index contributed by atoms with van der Waals surface area (Å²) in [6.07, 6.45) is 7.07. The summed E-state index contributed by atoms with van der Waals surface area (Å²) in [7, 11) is 0. The average Bonchev–Trinajstić information content (AvgIpc) is 2.18. The summed E-state index contributed by atoms with van der Waals surface area (Å²) in [6, 6.07) is 1.47. The van der Waals surface area contributed by atoms with E-state index in [0.29, 0.717) is 6.04 Å². The molecular formula is C13H27N. The van der Waals surface area contributed by atoms with Crippen molar-refractivity contribution in [2.75, 3.05) is 0 Å². The molecule has 1 saturated carbocycles. The Labute approximate surface area is 89.7 Å². The fraction of sp³-hybridized carbons (Fsp3) is 1.00. The van der Waals surface area contributed by atoms with Crippen LogP contribution in [0.4, 0.5) is 0 Å². The van der Waals surface area contributed by atoms with E-state index in [9.17, 15) is 0 Å². The van der Waals surface area contributed by atoms with Gasteiger partial charge in [-0.05, 0) is 31.6 Å². The Morgan fingerprint density at radius 3 is 2.50 bits per heavy atom. The predicted octanol–water partition coefficient (Wildman–Crippen LogP) is 3.59. The maximum Gasteiger partial charge on any atom is 0.00722 e. The van der Waals surface area contributed by atoms with Crippen LogP contribution in [0.25, 0.3) is 0 Å². The second kappa shape index (κ2) is 5.75. The van der Waals surface area contributed by atoms with Crippen LogP contribution >= 0.6 is 0 Å². The maximum absolute atomic E-state index is 3.78. The molecule has 0 spiro atoms. The first kappa shape index (κ1) is 12.0. The van der Waals surface area contributed by atoms with E-state index in [2.05, 4.69) is 33.0 Å². The summed E-state index contributed by atoms with van der Waals surface area (Å²) in [5.74, 6) is 1.75. The van der Waals surface area contributed by atoms with E-state index in [0.717, 1.165) is 17.9 Å². The fourth-order valence-electron chi connectivity index (χ4n) is 2.38. The highest BCUT2D eigenvalue weighted by Gasteiger charge is 2.22. The average molecular weight is 197 g/mol. The van der Waals surface area contributed by atoms with Crippen molar-refractivity contribution < 1.29 is 0 Å². The van der Waals surface area contributed by atoms with Gasteiger partial charge >= 0.3 is 0 Å². The second-order valence-electron chi connectivity index (χ2n) is 5.34. The van der Waals surface area contributed by atoms with E-state index in [1.165, 1.54) is 32.1 Å². The summed E-state index contributed by atoms with van der Waals surface area (Å²) < 4.78 is 0. The minimum Gasteiger partial charge on any atom is -0.311 e. The smallest absolute Gasteiger partial charge is 0.00722 e. The molecule has 0 aromatic carbocycles. The van der Waals surface area contributed by atoms with E-state index in [-0.39, 0.29) is 0 Å². The third-order valence-electron chi connectivity index (χ3n) is 3.86. The van der Waals surface area contributed by atoms with Crippen molar-refractivity contribution in [2.24, 2.45) is 11.8 Å². The molecule has 0 saturated heterocycles. The fourth-order valence-corrected chi connectivity index (χ4v) is 2.38. The monoisotopic (exact) mass is 197 g/mol. The first-order valence-corrected chi connectivity index (χ1v) is 6.39. The van der Waals surface area contributed by atoms with Crippen LogP contribution < -0.4 is 5.32 Å². The van der Waals surface area contributed by atoms with E-state index >= 15 is 0 Å². The molecule has 0 heterocycles. The zero-order valence-corrected chi connectivity index (χ0v) is 10.3. The van der Waals surface area contributed by atoms with Crippen LogP contribution in [0.1, 0.15) is 59.8 Å². The Hall–Kier alpha value is -0.0400. The molecule has 0 amide bonds. The van der Waals surface area contributed by atoms with E-state index in [1.54, 1.807) is 0 Å². The van der Waals surface area contributed by atoms with Crippen LogP contribution in [0.15, 0.2) is 0 Å². The summed E-state index contributed by atoms with van der Waals surface area (Å²) in [6.45, 7) is 9.26. The molecule has 1 fully saturated rings. The molecule has 1 rings (SSSR count). The third kappa shape index (κ3) is 3.61. The molecule has 0 radical (unpaired) electrons. The lowest BCUT2D eigenvalue weighted by Gasteiger charge is -2.32. The lowest BCUT2D eigenvalue weighted by atomic mass is 9.83. The van der Waals surface area contributed by atoms with Gasteiger partial charge in [0, 0.05) is 12.1 Å². The number of hydrogen-bond donors (Lipinski definition) is 1. The van der Waals surface area contributed by atoms with Crippen LogP contribution in [0.3, 0.4) is 0 Å². The van der Waals surface area contributed by atoms with Gasteiger partial charge in [-0.2, -0.15) is 0 Å². The quantitative estimate of drug-likeness (QED) is 0.726. The normalized spacial score (nSPS) is 30.6. The molecule has 84 valence electrons. The number of nitrogens with one attached hydrogen (secondary N) is 1. The zero-order chi connectivity index (χ0) is 10.6. The minimum absolute atomic E-state index is 0.676. The topological polar surface area (TPSA) is 12.0 Å². The van der Waals surface area contributed by atoms with Crippen molar-refractivity contribution in [1.29, 1.82) is 0 Å². The molecule has 14 heavy (non-hydrogen) atoms. The van der Waals surface area contributed by atoms with E-state index in [4.69, 9.17) is 0 Å². The largest absolute Gasteiger partial charge is 0.311 e. The lowest BCUT2D eigenvalue weighted by molar-refractivity contribution is 0.249. The molecular weight excluding hydrogens is 170 g/mol. The van der Waals surface area contributed by atoms with E-state index in [1.807, 2.05) is 0 Å². The predicted molar refractivity (Wildman–Crippen MR) is 63.5 cm³/mol. The second-order valence-corrected chi connectivity index (χ2v) is 5.34. The van der Waals surface area contributed by atoms with Crippen molar-refractivity contribution in [3.05, 3.63) is 0 Å². The molecule has 0 bridgehead atoms. The highest BCUT2D eigenvalue weighted by Crippen LogP contribution is 2.27. The summed E-state index contributed by atoms with van der Waals surface area (Å²) in [5, 5.41) is 3.78. The van der Waals surface area contributed by atoms with Gasteiger partial charge in [0.2, 0.25) is 0 Å². The molecule has 1 aliphatic rings. The maximum atomic E-state index is 3.78. The van der Waals surface area contributed by atoms with Gasteiger partial charge in [0.1, 0.15) is 0 Å². The van der Waals surface area contributed by atoms with Gasteiger partial charge in [-0.3, -0.25) is 0 Å². The van der Waals surface area contributed by atoms with Crippen molar-refractivity contribution in [3.8, 4) is 0 Å². The van der Waals surface area contributed by atoms with Gasteiger partial charge in [-0.15, -0.1) is 0 Å². The van der Waals surface area contributed by atoms with Crippen LogP contribution in [0.5, 0.6) is 0 Å². The van der Waals surface area contributed by atoms with Crippen molar-refractivity contribution >= 4 is 0 Å². The number of rotatable bonds is 4. The molecule has 1 N–H and O–H groups in total. The molecule has 1 heteroatoms. The summed E-state index contributed by atoms with van der Waals surface area (Å²) in [4.78, 5) is 0. The van der Waals surface area contributed by atoms with Gasteiger partial charge in [0.25, 0.3) is 0 Å². The van der Waals surface area contributed by atoms with Crippen molar-refractivity contribution in [2.45, 2.75) is 71.9 Å². The Morgan fingerprint density at radius 2 is 1.93 bits per heavy atom. The SMILES string of the molecule is CCC1CCCC(NC(C)C(C)C)C1. The van der Waals surface area contributed by atoms with Gasteiger partial charge in [0.05, 0.1) is 0 Å². The van der Waals surface area contributed by atoms with Crippen molar-refractivity contribution in [3.63, 3.8) is 0 Å². The highest BCUT2D eigenvalue weighted by atomic mass is 14.9. The first-order valence-electron chi connectivity index (χ1n) is 6.39. The van der Waals surface area contributed by atoms with Gasteiger partial charge in [-0.1, -0.05) is 40.0 Å². The van der Waals surface area contributed by atoms with Gasteiger partial charge in [-0.25, -0.2) is 0 Å². The summed E-state index contributed by atoms with van der Waals surface area (Å²) >= 11 is 0. The minimum atomic E-state index is 0.676. The lowest BCUT2D eigenvalue weighted by Crippen LogP contribution is -2.42. The molecule has 1 aliphatic carbocycles. The van der Waals surface area contributed by atoms with E-state index < -0.39 is 0 Å². The Balaban J connectivity index is 2.30. The molecule has 3 unspecified atom stereocenters. The Morgan fingerprint density at radius 1 is 1.21 bits per heavy atom. The highest BCUT2D eigenvalue weighted by molar-refractivity contribution is 4.80. The van der Waals surface area contributed by atoms with Crippen LogP contribution in [0.2, 0.25) is 0 Å². The van der Waals surface area contributed by atoms with Gasteiger partial charge < -0.3 is 5.32 Å². The van der Waals surface area contributed by atoms with Crippen LogP contribution in [0, 0.1) is 11.8 Å². The Bertz CT molecular complexity index is 153. The standard InChI is InChI=1S/C13H27N/c1-5-12-7-6-8-13(9-12)14-11(4)10(2)3/h10-14H,5-9H2,1-4H3. The zero-order valence-electron chi connectivity index (χ0n) is 10.3. The molecule has 0 aromatic rings. The van der Waals surface area contributed by atoms with Gasteiger partial charge in [0.15, 0.2) is 0 Å². The van der Waals surface area contributed by atoms with Crippen LogP contribution in [-0.4, -0.2) is 12.1 Å². The first-order chi connectivity index (χ1) is 6.63. The molecule has 1 nitrogen and oxygen atoms in total.